The molecule has 0 bridgehead atoms. The second kappa shape index (κ2) is 12.9. The molecule has 110 valence electrons. The van der Waals surface area contributed by atoms with Gasteiger partial charge < -0.3 is 14.2 Å². The summed E-state index contributed by atoms with van der Waals surface area (Å²) in [6.07, 6.45) is -0.337. The minimum atomic E-state index is -0.480. The van der Waals surface area contributed by atoms with Crippen LogP contribution in [-0.2, 0) is 48.3 Å². The van der Waals surface area contributed by atoms with Crippen molar-refractivity contribution in [3.63, 3.8) is 0 Å². The summed E-state index contributed by atoms with van der Waals surface area (Å²) in [7, 11) is 1.63. The second-order valence-corrected chi connectivity index (χ2v) is 4.23. The first kappa shape index (κ1) is 21.2. The minimum absolute atomic E-state index is 0. The van der Waals surface area contributed by atoms with Crippen molar-refractivity contribution in [2.75, 3.05) is 26.9 Å². The Balaban J connectivity index is 0. The molecule has 0 saturated heterocycles. The van der Waals surface area contributed by atoms with E-state index in [-0.39, 0.29) is 37.8 Å². The predicted molar refractivity (Wildman–Crippen MR) is 65.0 cm³/mol. The van der Waals surface area contributed by atoms with E-state index in [4.69, 9.17) is 19.1 Å². The number of rotatable bonds is 10. The van der Waals surface area contributed by atoms with Crippen LogP contribution < -0.4 is 0 Å². The van der Waals surface area contributed by atoms with Crippen molar-refractivity contribution in [2.24, 2.45) is 0 Å². The van der Waals surface area contributed by atoms with Gasteiger partial charge in [0.2, 0.25) is 0 Å². The minimum Gasteiger partial charge on any atom is -0.382 e. The SMILES string of the molecule is COCC(C)OCC(C)OCC(C)OOC(C)=O.[Zn]. The van der Waals surface area contributed by atoms with Gasteiger partial charge >= 0.3 is 5.97 Å². The van der Waals surface area contributed by atoms with Gasteiger partial charge in [0, 0.05) is 33.5 Å². The smallest absolute Gasteiger partial charge is 0.339 e. The van der Waals surface area contributed by atoms with E-state index in [2.05, 4.69) is 4.89 Å². The molecule has 3 unspecified atom stereocenters. The third-order valence-electron chi connectivity index (χ3n) is 1.96. The predicted octanol–water partition coefficient (Wildman–Crippen LogP) is 1.32. The molecule has 6 nitrogen and oxygen atoms in total. The molecule has 0 aliphatic carbocycles. The van der Waals surface area contributed by atoms with Gasteiger partial charge in [-0.1, -0.05) is 0 Å². The van der Waals surface area contributed by atoms with E-state index in [1.165, 1.54) is 6.92 Å². The molecule has 0 aromatic heterocycles. The zero-order valence-electron chi connectivity index (χ0n) is 12.5. The standard InChI is InChI=1S/C12H24O6.Zn/c1-9(6-14-5)15-7-10(2)16-8-11(3)17-18-12(4)13;/h9-11H,6-8H2,1-5H3;. The van der Waals surface area contributed by atoms with E-state index < -0.39 is 5.97 Å². The van der Waals surface area contributed by atoms with Crippen molar-refractivity contribution in [2.45, 2.75) is 46.0 Å². The number of carbonyl (C=O) groups is 1. The van der Waals surface area contributed by atoms with Gasteiger partial charge in [0.1, 0.15) is 6.10 Å². The van der Waals surface area contributed by atoms with Crippen LogP contribution >= 0.6 is 0 Å². The molecule has 19 heavy (non-hydrogen) atoms. The fourth-order valence-electron chi connectivity index (χ4n) is 1.11. The van der Waals surface area contributed by atoms with E-state index in [1.807, 2.05) is 13.8 Å². The molecule has 0 spiro atoms. The van der Waals surface area contributed by atoms with Crippen molar-refractivity contribution < 1.29 is 48.3 Å². The Kier molecular flexibility index (Phi) is 14.5. The fraction of sp³-hybridized carbons (Fsp3) is 0.917. The first-order valence-electron chi connectivity index (χ1n) is 6.01. The van der Waals surface area contributed by atoms with Gasteiger partial charge in [-0.3, -0.25) is 4.89 Å². The average Bonchev–Trinajstić information content (AvgIpc) is 2.31. The van der Waals surface area contributed by atoms with Gasteiger partial charge in [0.15, 0.2) is 0 Å². The third kappa shape index (κ3) is 14.2. The molecule has 0 aromatic carbocycles. The molecule has 0 N–H and O–H groups in total. The van der Waals surface area contributed by atoms with E-state index in [1.54, 1.807) is 14.0 Å². The molecule has 0 fully saturated rings. The molecular weight excluding hydrogens is 306 g/mol. The van der Waals surface area contributed by atoms with Crippen LogP contribution in [0.5, 0.6) is 0 Å². The quantitative estimate of drug-likeness (QED) is 0.342. The van der Waals surface area contributed by atoms with Gasteiger partial charge in [-0.2, -0.15) is 4.89 Å². The van der Waals surface area contributed by atoms with Crippen LogP contribution in [0.1, 0.15) is 27.7 Å². The molecule has 0 amide bonds. The molecular formula is C12H24O6Zn. The summed E-state index contributed by atoms with van der Waals surface area (Å²) in [4.78, 5) is 19.7. The maximum atomic E-state index is 10.5. The summed E-state index contributed by atoms with van der Waals surface area (Å²) in [5.41, 5.74) is 0. The Hall–Kier alpha value is -0.0666. The third-order valence-corrected chi connectivity index (χ3v) is 1.96. The molecule has 0 aliphatic rings. The van der Waals surface area contributed by atoms with Crippen LogP contribution in [0.25, 0.3) is 0 Å². The van der Waals surface area contributed by atoms with Crippen molar-refractivity contribution >= 4 is 5.97 Å². The van der Waals surface area contributed by atoms with Crippen molar-refractivity contribution in [3.8, 4) is 0 Å². The molecule has 0 radical (unpaired) electrons. The van der Waals surface area contributed by atoms with Crippen molar-refractivity contribution in [1.29, 1.82) is 0 Å². The normalized spacial score (nSPS) is 15.2. The van der Waals surface area contributed by atoms with Crippen LogP contribution in [0, 0.1) is 0 Å². The van der Waals surface area contributed by atoms with Crippen molar-refractivity contribution in [1.82, 2.24) is 0 Å². The van der Waals surface area contributed by atoms with Crippen LogP contribution in [0.4, 0.5) is 0 Å². The van der Waals surface area contributed by atoms with E-state index in [9.17, 15) is 4.79 Å². The summed E-state index contributed by atoms with van der Waals surface area (Å²) in [6, 6.07) is 0. The number of methoxy groups -OCH3 is 1. The number of hydrogen-bond donors (Lipinski definition) is 0. The van der Waals surface area contributed by atoms with E-state index in [0.29, 0.717) is 19.8 Å². The summed E-state index contributed by atoms with van der Waals surface area (Å²) in [6.45, 7) is 8.23. The maximum absolute atomic E-state index is 10.5. The molecule has 3 atom stereocenters. The molecule has 0 aliphatic heterocycles. The number of carbonyl (C=O) groups excluding carboxylic acids is 1. The number of hydrogen-bond acceptors (Lipinski definition) is 6. The maximum Gasteiger partial charge on any atom is 0.339 e. The first-order valence-corrected chi connectivity index (χ1v) is 6.01. The Morgan fingerprint density at radius 2 is 1.42 bits per heavy atom. The number of ether oxygens (including phenoxy) is 3. The molecule has 0 rings (SSSR count). The second-order valence-electron chi connectivity index (χ2n) is 4.23. The van der Waals surface area contributed by atoms with Gasteiger partial charge in [-0.05, 0) is 20.8 Å². The van der Waals surface area contributed by atoms with Crippen molar-refractivity contribution in [3.05, 3.63) is 0 Å². The summed E-state index contributed by atoms with van der Waals surface area (Å²) in [5.74, 6) is -0.480. The van der Waals surface area contributed by atoms with E-state index >= 15 is 0 Å². The summed E-state index contributed by atoms with van der Waals surface area (Å²) in [5, 5.41) is 0. The topological polar surface area (TPSA) is 63.2 Å². The summed E-state index contributed by atoms with van der Waals surface area (Å²) >= 11 is 0. The molecule has 7 heteroatoms. The van der Waals surface area contributed by atoms with Crippen LogP contribution in [-0.4, -0.2) is 51.2 Å². The summed E-state index contributed by atoms with van der Waals surface area (Å²) < 4.78 is 15.9. The molecule has 0 aromatic rings. The Morgan fingerprint density at radius 3 is 1.89 bits per heavy atom. The molecule has 0 heterocycles. The monoisotopic (exact) mass is 328 g/mol. The Labute approximate surface area is 127 Å². The average molecular weight is 330 g/mol. The van der Waals surface area contributed by atoms with Gasteiger partial charge in [-0.25, -0.2) is 4.79 Å². The van der Waals surface area contributed by atoms with Gasteiger partial charge in [-0.15, -0.1) is 0 Å². The zero-order chi connectivity index (χ0) is 14.0. The van der Waals surface area contributed by atoms with E-state index in [0.717, 1.165) is 0 Å². The first-order chi connectivity index (χ1) is 8.45. The zero-order valence-corrected chi connectivity index (χ0v) is 15.5. The Morgan fingerprint density at radius 1 is 0.947 bits per heavy atom. The van der Waals surface area contributed by atoms with Crippen LogP contribution in [0.3, 0.4) is 0 Å². The van der Waals surface area contributed by atoms with Crippen LogP contribution in [0.2, 0.25) is 0 Å². The van der Waals surface area contributed by atoms with Gasteiger partial charge in [0.05, 0.1) is 32.0 Å². The largest absolute Gasteiger partial charge is 0.382 e. The van der Waals surface area contributed by atoms with Gasteiger partial charge in [0.25, 0.3) is 0 Å². The van der Waals surface area contributed by atoms with Crippen LogP contribution in [0.15, 0.2) is 0 Å². The molecule has 0 saturated carbocycles. The fourth-order valence-corrected chi connectivity index (χ4v) is 1.11. The Bertz CT molecular complexity index is 226.